The van der Waals surface area contributed by atoms with Crippen LogP contribution in [0.15, 0.2) is 24.3 Å². The lowest BCUT2D eigenvalue weighted by Gasteiger charge is -2.19. The fraction of sp³-hybridized carbons (Fsp3) is 0.529. The Bertz CT molecular complexity index is 529. The minimum atomic E-state index is -0.294. The second-order valence-electron chi connectivity index (χ2n) is 6.37. The molecule has 1 aromatic carbocycles. The smallest absolute Gasteiger partial charge is 0.319 e. The number of hydrogen-bond donors (Lipinski definition) is 4. The molecule has 0 aliphatic carbocycles. The first-order chi connectivity index (χ1) is 10.8. The molecule has 0 saturated heterocycles. The van der Waals surface area contributed by atoms with E-state index in [1.807, 2.05) is 13.8 Å². The molecule has 0 saturated carbocycles. The van der Waals surface area contributed by atoms with Gasteiger partial charge in [-0.1, -0.05) is 19.9 Å². The second kappa shape index (κ2) is 9.15. The van der Waals surface area contributed by atoms with Crippen LogP contribution < -0.4 is 21.7 Å². The number of hydrogen-bond acceptors (Lipinski definition) is 3. The molecule has 0 spiro atoms. The van der Waals surface area contributed by atoms with Crippen molar-refractivity contribution in [3.8, 4) is 0 Å². The Morgan fingerprint density at radius 2 is 1.83 bits per heavy atom. The third kappa shape index (κ3) is 7.15. The lowest BCUT2D eigenvalue weighted by atomic mass is 10.0. The Morgan fingerprint density at radius 1 is 1.13 bits per heavy atom. The Balaban J connectivity index is 2.71. The van der Waals surface area contributed by atoms with Gasteiger partial charge in [0.1, 0.15) is 0 Å². The summed E-state index contributed by atoms with van der Waals surface area (Å²) in [6.07, 6.45) is 0.830. The minimum Gasteiger partial charge on any atom is -0.348 e. The zero-order valence-electron chi connectivity index (χ0n) is 14.3. The molecule has 0 heterocycles. The van der Waals surface area contributed by atoms with Crippen molar-refractivity contribution in [3.63, 3.8) is 0 Å². The number of amides is 3. The molecule has 1 atom stereocenters. The molecule has 0 aromatic heterocycles. The molecule has 0 aliphatic heterocycles. The molecule has 5 N–H and O–H groups in total. The largest absolute Gasteiger partial charge is 0.348 e. The number of anilines is 1. The predicted molar refractivity (Wildman–Crippen MR) is 93.5 cm³/mol. The maximum absolute atomic E-state index is 12.3. The normalized spacial score (nSPS) is 12.1. The highest BCUT2D eigenvalue weighted by Crippen LogP contribution is 2.12. The van der Waals surface area contributed by atoms with Crippen LogP contribution in [0.25, 0.3) is 0 Å². The summed E-state index contributed by atoms with van der Waals surface area (Å²) in [6, 6.07) is 6.54. The zero-order valence-corrected chi connectivity index (χ0v) is 14.3. The summed E-state index contributed by atoms with van der Waals surface area (Å²) < 4.78 is 0. The van der Waals surface area contributed by atoms with Gasteiger partial charge in [-0.15, -0.1) is 0 Å². The van der Waals surface area contributed by atoms with E-state index in [0.717, 1.165) is 6.42 Å². The summed E-state index contributed by atoms with van der Waals surface area (Å²) in [5.74, 6) is 0.269. The van der Waals surface area contributed by atoms with E-state index in [0.29, 0.717) is 23.7 Å². The van der Waals surface area contributed by atoms with E-state index in [2.05, 4.69) is 29.8 Å². The van der Waals surface area contributed by atoms with E-state index < -0.39 is 0 Å². The molecule has 1 aromatic rings. The summed E-state index contributed by atoms with van der Waals surface area (Å²) in [5.41, 5.74) is 6.78. The maximum atomic E-state index is 12.3. The van der Waals surface area contributed by atoms with Crippen molar-refractivity contribution in [2.75, 3.05) is 11.9 Å². The number of rotatable bonds is 7. The number of carbonyl (C=O) groups is 2. The van der Waals surface area contributed by atoms with Crippen LogP contribution in [-0.4, -0.2) is 30.6 Å². The number of urea groups is 1. The van der Waals surface area contributed by atoms with Crippen molar-refractivity contribution in [1.82, 2.24) is 10.6 Å². The van der Waals surface area contributed by atoms with Crippen molar-refractivity contribution in [1.29, 1.82) is 0 Å². The molecule has 23 heavy (non-hydrogen) atoms. The summed E-state index contributed by atoms with van der Waals surface area (Å²) in [4.78, 5) is 24.0. The fourth-order valence-electron chi connectivity index (χ4n) is 2.22. The Labute approximate surface area is 138 Å². The van der Waals surface area contributed by atoms with Crippen LogP contribution >= 0.6 is 0 Å². The summed E-state index contributed by atoms with van der Waals surface area (Å²) in [5, 5.41) is 8.38. The first-order valence-corrected chi connectivity index (χ1v) is 8.00. The van der Waals surface area contributed by atoms with Gasteiger partial charge in [-0.2, -0.15) is 0 Å². The average Bonchev–Trinajstić information content (AvgIpc) is 2.45. The van der Waals surface area contributed by atoms with Crippen molar-refractivity contribution in [3.05, 3.63) is 29.8 Å². The molecule has 0 aliphatic rings. The molecule has 1 rings (SSSR count). The molecule has 1 unspecified atom stereocenters. The lowest BCUT2D eigenvalue weighted by molar-refractivity contribution is 0.0933. The van der Waals surface area contributed by atoms with Crippen LogP contribution in [-0.2, 0) is 0 Å². The minimum absolute atomic E-state index is 0.0443. The molecule has 6 heteroatoms. The average molecular weight is 320 g/mol. The van der Waals surface area contributed by atoms with Crippen LogP contribution in [0.5, 0.6) is 0 Å². The van der Waals surface area contributed by atoms with E-state index in [1.165, 1.54) is 0 Å². The monoisotopic (exact) mass is 320 g/mol. The Hall–Kier alpha value is -2.08. The third-order valence-electron chi connectivity index (χ3n) is 3.18. The van der Waals surface area contributed by atoms with Gasteiger partial charge < -0.3 is 21.7 Å². The van der Waals surface area contributed by atoms with Gasteiger partial charge in [-0.25, -0.2) is 4.79 Å². The topological polar surface area (TPSA) is 96.2 Å². The second-order valence-corrected chi connectivity index (χ2v) is 6.37. The Kier molecular flexibility index (Phi) is 7.54. The van der Waals surface area contributed by atoms with E-state index >= 15 is 0 Å². The number of nitrogens with two attached hydrogens (primary N) is 1. The molecule has 0 bridgehead atoms. The van der Waals surface area contributed by atoms with Crippen molar-refractivity contribution in [2.45, 2.75) is 46.2 Å². The van der Waals surface area contributed by atoms with Gasteiger partial charge in [0.2, 0.25) is 0 Å². The highest BCUT2D eigenvalue weighted by Gasteiger charge is 2.14. The van der Waals surface area contributed by atoms with Crippen LogP contribution in [0.2, 0.25) is 0 Å². The van der Waals surface area contributed by atoms with Gasteiger partial charge >= 0.3 is 6.03 Å². The molecular weight excluding hydrogens is 292 g/mol. The third-order valence-corrected chi connectivity index (χ3v) is 3.18. The molecule has 128 valence electrons. The number of nitrogens with one attached hydrogen (secondary N) is 3. The van der Waals surface area contributed by atoms with Crippen LogP contribution in [0.1, 0.15) is 44.5 Å². The van der Waals surface area contributed by atoms with Crippen molar-refractivity contribution >= 4 is 17.6 Å². The summed E-state index contributed by atoms with van der Waals surface area (Å²) in [6.45, 7) is 8.34. The van der Waals surface area contributed by atoms with Gasteiger partial charge in [0, 0.05) is 29.9 Å². The maximum Gasteiger partial charge on any atom is 0.319 e. The molecule has 6 nitrogen and oxygen atoms in total. The quantitative estimate of drug-likeness (QED) is 0.621. The number of benzene rings is 1. The van der Waals surface area contributed by atoms with Crippen LogP contribution in [0.4, 0.5) is 10.5 Å². The lowest BCUT2D eigenvalue weighted by Crippen LogP contribution is -2.41. The van der Waals surface area contributed by atoms with Gasteiger partial charge in [-0.3, -0.25) is 4.79 Å². The molecule has 3 amide bonds. The van der Waals surface area contributed by atoms with Crippen LogP contribution in [0, 0.1) is 5.92 Å². The summed E-state index contributed by atoms with van der Waals surface area (Å²) in [7, 11) is 0. The first kappa shape index (κ1) is 19.0. The van der Waals surface area contributed by atoms with E-state index in [9.17, 15) is 9.59 Å². The Morgan fingerprint density at radius 3 is 2.39 bits per heavy atom. The summed E-state index contributed by atoms with van der Waals surface area (Å²) >= 11 is 0. The van der Waals surface area contributed by atoms with E-state index in [-0.39, 0.29) is 24.0 Å². The molecule has 0 fully saturated rings. The highest BCUT2D eigenvalue weighted by atomic mass is 16.2. The highest BCUT2D eigenvalue weighted by molar-refractivity contribution is 5.97. The van der Waals surface area contributed by atoms with E-state index in [4.69, 9.17) is 5.73 Å². The predicted octanol–water partition coefficient (Wildman–Crippen LogP) is 2.32. The van der Waals surface area contributed by atoms with Gasteiger partial charge in [-0.05, 0) is 44.4 Å². The van der Waals surface area contributed by atoms with Gasteiger partial charge in [0.15, 0.2) is 0 Å². The standard InChI is InChI=1S/C17H28N4O2/c1-11(2)8-15(10-18)20-16(22)13-6-5-7-14(9-13)21-17(23)19-12(3)4/h5-7,9,11-12,15H,8,10,18H2,1-4H3,(H,20,22)(H2,19,21,23). The zero-order chi connectivity index (χ0) is 17.4. The van der Waals surface area contributed by atoms with Gasteiger partial charge in [0.05, 0.1) is 0 Å². The van der Waals surface area contributed by atoms with Gasteiger partial charge in [0.25, 0.3) is 5.91 Å². The fourth-order valence-corrected chi connectivity index (χ4v) is 2.22. The number of carbonyl (C=O) groups excluding carboxylic acids is 2. The first-order valence-electron chi connectivity index (χ1n) is 8.00. The molecular formula is C17H28N4O2. The SMILES string of the molecule is CC(C)CC(CN)NC(=O)c1cccc(NC(=O)NC(C)C)c1. The van der Waals surface area contributed by atoms with Crippen LogP contribution in [0.3, 0.4) is 0 Å². The molecule has 0 radical (unpaired) electrons. The van der Waals surface area contributed by atoms with Crippen molar-refractivity contribution in [2.24, 2.45) is 11.7 Å². The van der Waals surface area contributed by atoms with E-state index in [1.54, 1.807) is 24.3 Å². The van der Waals surface area contributed by atoms with Crippen molar-refractivity contribution < 1.29 is 9.59 Å².